The predicted molar refractivity (Wildman–Crippen MR) is 48.8 cm³/mol. The number of carboxylic acids is 1. The highest BCUT2D eigenvalue weighted by Gasteiger charge is 1.99. The summed E-state index contributed by atoms with van der Waals surface area (Å²) in [4.78, 5) is 10.3. The summed E-state index contributed by atoms with van der Waals surface area (Å²) in [6.07, 6.45) is 0.671. The molecule has 3 radical (unpaired) electrons. The molecular weight excluding hydrogens is 184 g/mol. The van der Waals surface area contributed by atoms with Crippen molar-refractivity contribution in [1.82, 2.24) is 0 Å². The highest BCUT2D eigenvalue weighted by atomic mass is 28.2. The number of carbonyl (C=O) groups is 1. The Morgan fingerprint density at radius 1 is 1.54 bits per heavy atom. The summed E-state index contributed by atoms with van der Waals surface area (Å²) in [5.41, 5.74) is 0.957. The zero-order valence-corrected chi connectivity index (χ0v) is 7.99. The van der Waals surface area contributed by atoms with E-state index < -0.39 is 5.97 Å². The summed E-state index contributed by atoms with van der Waals surface area (Å²) >= 11 is 0. The second-order valence-corrected chi connectivity index (χ2v) is 2.85. The van der Waals surface area contributed by atoms with Crippen molar-refractivity contribution >= 4 is 16.5 Å². The molecule has 0 aliphatic carbocycles. The first-order valence-corrected chi connectivity index (χ1v) is 4.27. The minimum Gasteiger partial charge on any atom is -0.540 e. The Morgan fingerprint density at radius 2 is 2.31 bits per heavy atom. The Morgan fingerprint density at radius 3 is 2.92 bits per heavy atom. The van der Waals surface area contributed by atoms with Gasteiger partial charge in [-0.05, 0) is 24.1 Å². The molecule has 4 heteroatoms. The van der Waals surface area contributed by atoms with E-state index in [1.54, 1.807) is 12.1 Å². The molecule has 0 fully saturated rings. The Balaban J connectivity index is 2.61. The van der Waals surface area contributed by atoms with Gasteiger partial charge in [-0.15, -0.1) is 0 Å². The van der Waals surface area contributed by atoms with Crippen molar-refractivity contribution in [3.05, 3.63) is 29.8 Å². The smallest absolute Gasteiger partial charge is 0.341 e. The van der Waals surface area contributed by atoms with Gasteiger partial charge in [-0.3, -0.25) is 4.79 Å². The average Bonchev–Trinajstić information content (AvgIpc) is 2.15. The van der Waals surface area contributed by atoms with Gasteiger partial charge in [0, 0.05) is 6.42 Å². The third-order valence-electron chi connectivity index (χ3n) is 1.64. The van der Waals surface area contributed by atoms with E-state index in [0.29, 0.717) is 12.2 Å². The third kappa shape index (κ3) is 3.29. The van der Waals surface area contributed by atoms with Crippen LogP contribution in [0.3, 0.4) is 0 Å². The van der Waals surface area contributed by atoms with Crippen LogP contribution in [0.15, 0.2) is 24.3 Å². The number of rotatable bonds is 4. The van der Waals surface area contributed by atoms with Gasteiger partial charge in [0.05, 0.1) is 0 Å². The van der Waals surface area contributed by atoms with Gasteiger partial charge in [0.25, 0.3) is 0 Å². The first-order valence-electron chi connectivity index (χ1n) is 3.86. The van der Waals surface area contributed by atoms with Crippen LogP contribution in [0.2, 0.25) is 0 Å². The molecule has 13 heavy (non-hydrogen) atoms. The van der Waals surface area contributed by atoms with Crippen LogP contribution in [0.5, 0.6) is 5.75 Å². The number of aryl methyl sites for hydroxylation is 1. The Labute approximate surface area is 79.9 Å². The quantitative estimate of drug-likeness (QED) is 0.730. The van der Waals surface area contributed by atoms with E-state index in [1.165, 1.54) is 0 Å². The SMILES string of the molecule is O=C(O)CCc1cccc(O[Si])c1. The number of hydrogen-bond donors (Lipinski definition) is 1. The van der Waals surface area contributed by atoms with E-state index in [1.807, 2.05) is 12.1 Å². The highest BCUT2D eigenvalue weighted by Crippen LogP contribution is 2.13. The zero-order valence-electron chi connectivity index (χ0n) is 6.99. The van der Waals surface area contributed by atoms with Crippen LogP contribution in [0.4, 0.5) is 0 Å². The zero-order chi connectivity index (χ0) is 9.68. The number of aliphatic carboxylic acids is 1. The Bertz CT molecular complexity index is 299. The fraction of sp³-hybridized carbons (Fsp3) is 0.222. The van der Waals surface area contributed by atoms with Crippen LogP contribution < -0.4 is 4.43 Å². The van der Waals surface area contributed by atoms with Crippen LogP contribution in [-0.2, 0) is 11.2 Å². The molecule has 67 valence electrons. The van der Waals surface area contributed by atoms with Crippen LogP contribution in [-0.4, -0.2) is 21.6 Å². The molecule has 0 aliphatic rings. The first-order chi connectivity index (χ1) is 6.22. The van der Waals surface area contributed by atoms with E-state index in [9.17, 15) is 4.79 Å². The van der Waals surface area contributed by atoms with Gasteiger partial charge in [-0.2, -0.15) is 0 Å². The van der Waals surface area contributed by atoms with Gasteiger partial charge in [0.15, 0.2) is 0 Å². The molecule has 0 aromatic heterocycles. The van der Waals surface area contributed by atoms with Gasteiger partial charge < -0.3 is 9.53 Å². The molecule has 1 aromatic carbocycles. The number of hydrogen-bond acceptors (Lipinski definition) is 2. The van der Waals surface area contributed by atoms with Gasteiger partial charge in [0.1, 0.15) is 5.75 Å². The second-order valence-electron chi connectivity index (χ2n) is 2.64. The molecule has 1 rings (SSSR count). The molecule has 0 heterocycles. The summed E-state index contributed by atoms with van der Waals surface area (Å²) in [6.45, 7) is 0. The molecule has 0 spiro atoms. The van der Waals surface area contributed by atoms with Crippen molar-refractivity contribution in [2.45, 2.75) is 12.8 Å². The first kappa shape index (κ1) is 9.79. The van der Waals surface area contributed by atoms with E-state index in [4.69, 9.17) is 9.53 Å². The molecule has 0 aliphatic heterocycles. The van der Waals surface area contributed by atoms with E-state index >= 15 is 0 Å². The minimum atomic E-state index is -0.787. The molecule has 0 amide bonds. The lowest BCUT2D eigenvalue weighted by molar-refractivity contribution is -0.136. The van der Waals surface area contributed by atoms with Crippen molar-refractivity contribution in [2.24, 2.45) is 0 Å². The fourth-order valence-corrected chi connectivity index (χ4v) is 1.14. The molecule has 0 unspecified atom stereocenters. The monoisotopic (exact) mass is 193 g/mol. The standard InChI is InChI=1S/C9H9O3Si/c10-9(11)5-4-7-2-1-3-8(6-7)12-13/h1-3,6H,4-5H2,(H,10,11). The molecule has 0 saturated heterocycles. The van der Waals surface area contributed by atoms with Gasteiger partial charge in [-0.1, -0.05) is 12.1 Å². The summed E-state index contributed by atoms with van der Waals surface area (Å²) in [6, 6.07) is 7.29. The molecule has 1 aromatic rings. The largest absolute Gasteiger partial charge is 0.540 e. The van der Waals surface area contributed by atoms with E-state index in [-0.39, 0.29) is 6.42 Å². The van der Waals surface area contributed by atoms with E-state index in [2.05, 4.69) is 10.5 Å². The Hall–Kier alpha value is -1.29. The molecule has 3 nitrogen and oxygen atoms in total. The summed E-state index contributed by atoms with van der Waals surface area (Å²) in [5, 5.41) is 8.46. The molecular formula is C9H9O3Si. The predicted octanol–water partition coefficient (Wildman–Crippen LogP) is 1.17. The topological polar surface area (TPSA) is 46.5 Å². The maximum atomic E-state index is 10.3. The molecule has 0 saturated carbocycles. The number of benzene rings is 1. The maximum absolute atomic E-state index is 10.3. The molecule has 0 atom stereocenters. The lowest BCUT2D eigenvalue weighted by Gasteiger charge is -2.02. The normalized spacial score (nSPS) is 9.62. The van der Waals surface area contributed by atoms with Crippen LogP contribution in [0.1, 0.15) is 12.0 Å². The van der Waals surface area contributed by atoms with E-state index in [0.717, 1.165) is 5.56 Å². The second kappa shape index (κ2) is 4.66. The van der Waals surface area contributed by atoms with Crippen LogP contribution in [0.25, 0.3) is 0 Å². The van der Waals surface area contributed by atoms with Gasteiger partial charge in [-0.25, -0.2) is 0 Å². The summed E-state index contributed by atoms with van der Waals surface area (Å²) in [5.74, 6) is -0.107. The summed E-state index contributed by atoms with van der Waals surface area (Å²) < 4.78 is 4.82. The molecule has 1 N–H and O–H groups in total. The van der Waals surface area contributed by atoms with Crippen molar-refractivity contribution < 1.29 is 14.3 Å². The highest BCUT2D eigenvalue weighted by molar-refractivity contribution is 5.99. The number of carboxylic acid groups (broad SMARTS) is 1. The molecule has 0 bridgehead atoms. The van der Waals surface area contributed by atoms with Crippen molar-refractivity contribution in [3.8, 4) is 5.75 Å². The lowest BCUT2D eigenvalue weighted by atomic mass is 10.1. The Kier molecular flexibility index (Phi) is 3.51. The van der Waals surface area contributed by atoms with Crippen LogP contribution >= 0.6 is 0 Å². The summed E-state index contributed by atoms with van der Waals surface area (Å²) in [7, 11) is 2.90. The van der Waals surface area contributed by atoms with Crippen molar-refractivity contribution in [1.29, 1.82) is 0 Å². The maximum Gasteiger partial charge on any atom is 0.341 e. The van der Waals surface area contributed by atoms with Crippen molar-refractivity contribution in [3.63, 3.8) is 0 Å². The van der Waals surface area contributed by atoms with Crippen LogP contribution in [0, 0.1) is 0 Å². The van der Waals surface area contributed by atoms with Gasteiger partial charge in [0.2, 0.25) is 0 Å². The average molecular weight is 193 g/mol. The van der Waals surface area contributed by atoms with Crippen molar-refractivity contribution in [2.75, 3.05) is 0 Å². The third-order valence-corrected chi connectivity index (χ3v) is 1.88. The van der Waals surface area contributed by atoms with Gasteiger partial charge >= 0.3 is 16.5 Å². The lowest BCUT2D eigenvalue weighted by Crippen LogP contribution is -1.97. The minimum absolute atomic E-state index is 0.144. The fourth-order valence-electron chi connectivity index (χ4n) is 1.02.